The van der Waals surface area contributed by atoms with Crippen LogP contribution < -0.4 is 5.56 Å². The number of fused-ring (bicyclic) bond motifs is 7. The molecule has 1 aliphatic heterocycles. The van der Waals surface area contributed by atoms with E-state index in [0.717, 1.165) is 41.9 Å². The molecule has 2 unspecified atom stereocenters. The van der Waals surface area contributed by atoms with Gasteiger partial charge in [0.25, 0.3) is 5.56 Å². The number of imidazole rings is 1. The highest BCUT2D eigenvalue weighted by Crippen LogP contribution is 2.56. The fraction of sp³-hybridized carbons (Fsp3) is 0.412. The number of aromatic amines is 1. The summed E-state index contributed by atoms with van der Waals surface area (Å²) in [6, 6.07) is 0. The Balaban J connectivity index is 1.95. The van der Waals surface area contributed by atoms with Gasteiger partial charge in [-0.2, -0.15) is 0 Å². The summed E-state index contributed by atoms with van der Waals surface area (Å²) in [4.78, 5) is 21.8. The van der Waals surface area contributed by atoms with E-state index in [1.807, 2.05) is 16.7 Å². The molecule has 0 amide bonds. The van der Waals surface area contributed by atoms with Crippen molar-refractivity contribution in [3.63, 3.8) is 0 Å². The van der Waals surface area contributed by atoms with Crippen molar-refractivity contribution < 1.29 is 4.39 Å². The molecular formula is C17H17FN4O. The Bertz CT molecular complexity index is 953. The van der Waals surface area contributed by atoms with Crippen molar-refractivity contribution in [2.24, 2.45) is 0 Å². The summed E-state index contributed by atoms with van der Waals surface area (Å²) in [6.45, 7) is 0.955. The third-order valence-corrected chi connectivity index (χ3v) is 5.54. The summed E-state index contributed by atoms with van der Waals surface area (Å²) in [5.41, 5.74) is 3.67. The van der Waals surface area contributed by atoms with Crippen molar-refractivity contribution in [3.8, 4) is 0 Å². The normalized spacial score (nSPS) is 29.7. The number of H-pyrrole nitrogens is 1. The average molecular weight is 312 g/mol. The van der Waals surface area contributed by atoms with Crippen LogP contribution in [0.25, 0.3) is 11.2 Å². The maximum absolute atomic E-state index is 14.1. The minimum atomic E-state index is -0.959. The summed E-state index contributed by atoms with van der Waals surface area (Å²) in [7, 11) is 2.08. The molecule has 0 saturated carbocycles. The van der Waals surface area contributed by atoms with E-state index in [1.165, 1.54) is 0 Å². The van der Waals surface area contributed by atoms with Crippen molar-refractivity contribution in [1.82, 2.24) is 19.3 Å². The van der Waals surface area contributed by atoms with E-state index in [2.05, 4.69) is 21.9 Å². The van der Waals surface area contributed by atoms with Gasteiger partial charge in [-0.15, -0.1) is 0 Å². The summed E-state index contributed by atoms with van der Waals surface area (Å²) in [6.07, 6.45) is 8.54. The first-order valence-electron chi connectivity index (χ1n) is 8.01. The second kappa shape index (κ2) is 4.20. The highest BCUT2D eigenvalue weighted by Gasteiger charge is 2.53. The van der Waals surface area contributed by atoms with Crippen LogP contribution in [0.1, 0.15) is 30.7 Å². The van der Waals surface area contributed by atoms with Gasteiger partial charge in [-0.25, -0.2) is 9.37 Å². The van der Waals surface area contributed by atoms with Crippen LogP contribution in [0.15, 0.2) is 34.9 Å². The average Bonchev–Trinajstić information content (AvgIpc) is 3.20. The van der Waals surface area contributed by atoms with Crippen LogP contribution >= 0.6 is 0 Å². The molecule has 1 spiro atoms. The molecule has 1 fully saturated rings. The number of nitrogens with zero attached hydrogens (tertiary/aromatic N) is 3. The molecule has 0 bridgehead atoms. The number of rotatable bonds is 0. The van der Waals surface area contributed by atoms with Gasteiger partial charge < -0.3 is 4.98 Å². The quantitative estimate of drug-likeness (QED) is 0.809. The lowest BCUT2D eigenvalue weighted by Crippen LogP contribution is -2.40. The van der Waals surface area contributed by atoms with Gasteiger partial charge in [0, 0.05) is 24.4 Å². The predicted molar refractivity (Wildman–Crippen MR) is 84.9 cm³/mol. The van der Waals surface area contributed by atoms with Crippen LogP contribution in [0.3, 0.4) is 0 Å². The Labute approximate surface area is 132 Å². The fourth-order valence-corrected chi connectivity index (χ4v) is 4.60. The van der Waals surface area contributed by atoms with Crippen LogP contribution in [0.5, 0.6) is 0 Å². The largest absolute Gasteiger partial charge is 0.317 e. The molecular weight excluding hydrogens is 295 g/mol. The van der Waals surface area contributed by atoms with E-state index in [1.54, 1.807) is 12.3 Å². The molecule has 118 valence electrons. The van der Waals surface area contributed by atoms with Crippen molar-refractivity contribution in [1.29, 1.82) is 0 Å². The van der Waals surface area contributed by atoms with E-state index in [0.29, 0.717) is 12.1 Å². The van der Waals surface area contributed by atoms with Crippen LogP contribution in [-0.4, -0.2) is 39.0 Å². The molecule has 5 rings (SSSR count). The lowest BCUT2D eigenvalue weighted by Gasteiger charge is -2.35. The predicted octanol–water partition coefficient (Wildman–Crippen LogP) is 2.01. The lowest BCUT2D eigenvalue weighted by molar-refractivity contribution is 0.217. The molecule has 3 aliphatic rings. The van der Waals surface area contributed by atoms with Gasteiger partial charge in [-0.3, -0.25) is 14.1 Å². The Morgan fingerprint density at radius 2 is 2.35 bits per heavy atom. The summed E-state index contributed by atoms with van der Waals surface area (Å²) in [5.74, 6) is 0. The highest BCUT2D eigenvalue weighted by atomic mass is 19.1. The SMILES string of the molecule is CN1CCCC12C1=CC(F)CC=C1c1[nH]c(=O)c3nccn3c12. The van der Waals surface area contributed by atoms with Gasteiger partial charge >= 0.3 is 0 Å². The number of likely N-dealkylation sites (tertiary alicyclic amines) is 1. The standard InChI is InChI=1S/C17H17FN4O/c1-21-7-2-5-17(21)12-9-10(18)3-4-11(12)13-14(17)22-8-6-19-15(22)16(23)20-13/h4,6,8-10H,2-3,5,7H2,1H3,(H,20,23). The lowest BCUT2D eigenvalue weighted by atomic mass is 9.84. The van der Waals surface area contributed by atoms with E-state index in [4.69, 9.17) is 0 Å². The van der Waals surface area contributed by atoms with E-state index >= 15 is 0 Å². The first-order valence-corrected chi connectivity index (χ1v) is 8.01. The summed E-state index contributed by atoms with van der Waals surface area (Å²) < 4.78 is 16.0. The second-order valence-electron chi connectivity index (χ2n) is 6.63. The van der Waals surface area contributed by atoms with E-state index in [-0.39, 0.29) is 11.1 Å². The number of hydrogen-bond acceptors (Lipinski definition) is 3. The third-order valence-electron chi connectivity index (χ3n) is 5.54. The maximum Gasteiger partial charge on any atom is 0.292 e. The van der Waals surface area contributed by atoms with Gasteiger partial charge in [0.15, 0.2) is 0 Å². The van der Waals surface area contributed by atoms with E-state index in [9.17, 15) is 9.18 Å². The molecule has 0 radical (unpaired) electrons. The number of halogens is 1. The smallest absolute Gasteiger partial charge is 0.292 e. The molecule has 2 aliphatic carbocycles. The fourth-order valence-electron chi connectivity index (χ4n) is 4.60. The second-order valence-corrected chi connectivity index (χ2v) is 6.63. The Morgan fingerprint density at radius 1 is 1.48 bits per heavy atom. The Kier molecular flexibility index (Phi) is 2.42. The minimum absolute atomic E-state index is 0.200. The number of hydrogen-bond donors (Lipinski definition) is 1. The molecule has 6 heteroatoms. The summed E-state index contributed by atoms with van der Waals surface area (Å²) >= 11 is 0. The van der Waals surface area contributed by atoms with Crippen molar-refractivity contribution in [2.45, 2.75) is 31.0 Å². The molecule has 3 heterocycles. The number of nitrogens with one attached hydrogen (secondary N) is 1. The van der Waals surface area contributed by atoms with Crippen LogP contribution in [0, 0.1) is 0 Å². The van der Waals surface area contributed by atoms with Crippen molar-refractivity contribution in [3.05, 3.63) is 51.9 Å². The van der Waals surface area contributed by atoms with E-state index < -0.39 is 6.17 Å². The highest BCUT2D eigenvalue weighted by molar-refractivity contribution is 5.88. The van der Waals surface area contributed by atoms with Crippen LogP contribution in [-0.2, 0) is 5.54 Å². The molecule has 5 nitrogen and oxygen atoms in total. The first-order chi connectivity index (χ1) is 11.1. The monoisotopic (exact) mass is 312 g/mol. The zero-order valence-corrected chi connectivity index (χ0v) is 12.8. The molecule has 1 saturated heterocycles. The Hall–Kier alpha value is -2.21. The number of likely N-dealkylation sites (N-methyl/N-ethyl adjacent to an activating group) is 1. The topological polar surface area (TPSA) is 53.4 Å². The molecule has 0 aromatic carbocycles. The molecule has 2 aromatic rings. The molecule has 2 aromatic heterocycles. The maximum atomic E-state index is 14.1. The zero-order chi connectivity index (χ0) is 15.8. The van der Waals surface area contributed by atoms with Gasteiger partial charge in [0.05, 0.1) is 16.9 Å². The first kappa shape index (κ1) is 13.2. The number of alkyl halides is 1. The van der Waals surface area contributed by atoms with Gasteiger partial charge in [-0.1, -0.05) is 6.08 Å². The minimum Gasteiger partial charge on any atom is -0.317 e. The van der Waals surface area contributed by atoms with Crippen molar-refractivity contribution >= 4 is 11.2 Å². The number of allylic oxidation sites excluding steroid dienone is 2. The molecule has 1 N–H and O–H groups in total. The zero-order valence-electron chi connectivity index (χ0n) is 12.8. The molecule has 2 atom stereocenters. The molecule has 23 heavy (non-hydrogen) atoms. The van der Waals surface area contributed by atoms with Crippen LogP contribution in [0.2, 0.25) is 0 Å². The van der Waals surface area contributed by atoms with Gasteiger partial charge in [-0.05, 0) is 38.1 Å². The van der Waals surface area contributed by atoms with Crippen molar-refractivity contribution in [2.75, 3.05) is 13.6 Å². The van der Waals surface area contributed by atoms with Crippen LogP contribution in [0.4, 0.5) is 4.39 Å². The van der Waals surface area contributed by atoms with Gasteiger partial charge in [0.2, 0.25) is 5.65 Å². The Morgan fingerprint density at radius 3 is 3.13 bits per heavy atom. The number of aromatic nitrogens is 3. The summed E-state index contributed by atoms with van der Waals surface area (Å²) in [5, 5.41) is 0. The van der Waals surface area contributed by atoms with Gasteiger partial charge in [0.1, 0.15) is 6.17 Å². The third kappa shape index (κ3) is 1.45.